The van der Waals surface area contributed by atoms with E-state index in [2.05, 4.69) is 31.1 Å². The summed E-state index contributed by atoms with van der Waals surface area (Å²) in [6.07, 6.45) is 3.69. The number of aromatic nitrogens is 4. The number of imidazole rings is 1. The summed E-state index contributed by atoms with van der Waals surface area (Å²) in [6.45, 7) is 3.43. The van der Waals surface area contributed by atoms with Crippen molar-refractivity contribution in [2.45, 2.75) is 25.6 Å². The summed E-state index contributed by atoms with van der Waals surface area (Å²) in [4.78, 5) is 15.1. The Labute approximate surface area is 178 Å². The Kier molecular flexibility index (Phi) is 5.40. The zero-order chi connectivity index (χ0) is 22.4. The summed E-state index contributed by atoms with van der Waals surface area (Å²) in [5, 5.41) is 0. The SMILES string of the molecule is C[C@@H]1C[C@H](N=S(C)(C)=O)CN(c2ccnc(-c3cnc4ccc(C(F)(F)F)cn34)n2)C1. The zero-order valence-electron chi connectivity index (χ0n) is 17.4. The highest BCUT2D eigenvalue weighted by atomic mass is 32.2. The number of halogens is 3. The summed E-state index contributed by atoms with van der Waals surface area (Å²) in [7, 11) is -2.22. The molecule has 11 heteroatoms. The Morgan fingerprint density at radius 3 is 2.65 bits per heavy atom. The number of pyridine rings is 1. The van der Waals surface area contributed by atoms with Gasteiger partial charge in [-0.15, -0.1) is 0 Å². The summed E-state index contributed by atoms with van der Waals surface area (Å²) in [6, 6.07) is 4.01. The Morgan fingerprint density at radius 2 is 1.94 bits per heavy atom. The lowest BCUT2D eigenvalue weighted by atomic mass is 9.97. The second-order valence-corrected chi connectivity index (χ2v) is 10.8. The van der Waals surface area contributed by atoms with E-state index in [9.17, 15) is 17.4 Å². The molecule has 0 bridgehead atoms. The van der Waals surface area contributed by atoms with Gasteiger partial charge >= 0.3 is 6.18 Å². The molecule has 31 heavy (non-hydrogen) atoms. The molecule has 1 saturated heterocycles. The maximum Gasteiger partial charge on any atom is 0.417 e. The van der Waals surface area contributed by atoms with Gasteiger partial charge in [0.15, 0.2) is 5.82 Å². The first kappa shape index (κ1) is 21.5. The number of piperidine rings is 1. The van der Waals surface area contributed by atoms with Gasteiger partial charge in [-0.2, -0.15) is 13.2 Å². The molecule has 0 saturated carbocycles. The molecular formula is C20H23F3N6OS. The minimum atomic E-state index is -4.46. The Balaban J connectivity index is 1.70. The third-order valence-electron chi connectivity index (χ3n) is 5.07. The van der Waals surface area contributed by atoms with Gasteiger partial charge < -0.3 is 4.90 Å². The molecule has 0 aromatic carbocycles. The van der Waals surface area contributed by atoms with E-state index in [1.165, 1.54) is 16.7 Å². The zero-order valence-corrected chi connectivity index (χ0v) is 18.2. The Hall–Kier alpha value is -2.69. The molecule has 0 unspecified atom stereocenters. The van der Waals surface area contributed by atoms with E-state index in [1.54, 1.807) is 24.8 Å². The van der Waals surface area contributed by atoms with Crippen molar-refractivity contribution in [1.29, 1.82) is 0 Å². The highest BCUT2D eigenvalue weighted by Crippen LogP contribution is 2.31. The highest BCUT2D eigenvalue weighted by Gasteiger charge is 2.31. The van der Waals surface area contributed by atoms with Crippen LogP contribution in [0.5, 0.6) is 0 Å². The van der Waals surface area contributed by atoms with Crippen LogP contribution < -0.4 is 4.90 Å². The van der Waals surface area contributed by atoms with E-state index in [1.807, 2.05) is 0 Å². The first-order valence-electron chi connectivity index (χ1n) is 9.78. The predicted octanol–water partition coefficient (Wildman–Crippen LogP) is 3.75. The second kappa shape index (κ2) is 7.77. The predicted molar refractivity (Wildman–Crippen MR) is 113 cm³/mol. The summed E-state index contributed by atoms with van der Waals surface area (Å²) < 4.78 is 57.4. The fourth-order valence-corrected chi connectivity index (χ4v) is 4.77. The van der Waals surface area contributed by atoms with Gasteiger partial charge in [-0.25, -0.2) is 19.3 Å². The van der Waals surface area contributed by atoms with Crippen molar-refractivity contribution < 1.29 is 17.4 Å². The van der Waals surface area contributed by atoms with Crippen LogP contribution in [-0.2, 0) is 15.9 Å². The molecule has 0 N–H and O–H groups in total. The van der Waals surface area contributed by atoms with Crippen LogP contribution in [-0.4, -0.2) is 55.2 Å². The first-order valence-corrected chi connectivity index (χ1v) is 12.1. The van der Waals surface area contributed by atoms with Crippen molar-refractivity contribution in [3.05, 3.63) is 42.4 Å². The van der Waals surface area contributed by atoms with Gasteiger partial charge in [0.1, 0.15) is 17.2 Å². The lowest BCUT2D eigenvalue weighted by Gasteiger charge is -2.35. The number of anilines is 1. The van der Waals surface area contributed by atoms with E-state index in [0.29, 0.717) is 29.6 Å². The monoisotopic (exact) mass is 452 g/mol. The molecule has 0 aliphatic carbocycles. The number of nitrogens with zero attached hydrogens (tertiary/aromatic N) is 6. The Bertz CT molecular complexity index is 1220. The van der Waals surface area contributed by atoms with E-state index in [4.69, 9.17) is 0 Å². The average Bonchev–Trinajstić information content (AvgIpc) is 3.09. The van der Waals surface area contributed by atoms with E-state index >= 15 is 0 Å². The van der Waals surface area contributed by atoms with Crippen LogP contribution in [0, 0.1) is 5.92 Å². The van der Waals surface area contributed by atoms with Gasteiger partial charge in [-0.05, 0) is 30.5 Å². The maximum atomic E-state index is 13.2. The van der Waals surface area contributed by atoms with Crippen LogP contribution in [0.25, 0.3) is 17.2 Å². The van der Waals surface area contributed by atoms with Crippen LogP contribution in [0.1, 0.15) is 18.9 Å². The normalized spacial score (nSPS) is 20.3. The van der Waals surface area contributed by atoms with Crippen molar-refractivity contribution in [1.82, 2.24) is 19.4 Å². The molecule has 1 aliphatic heterocycles. The summed E-state index contributed by atoms with van der Waals surface area (Å²) in [5.74, 6) is 1.26. The molecule has 1 aliphatic rings. The van der Waals surface area contributed by atoms with Gasteiger partial charge in [0, 0.05) is 47.7 Å². The minimum absolute atomic E-state index is 0.0743. The fourth-order valence-electron chi connectivity index (χ4n) is 3.90. The largest absolute Gasteiger partial charge is 0.417 e. The van der Waals surface area contributed by atoms with Crippen LogP contribution in [0.3, 0.4) is 0 Å². The van der Waals surface area contributed by atoms with Gasteiger partial charge in [0.2, 0.25) is 0 Å². The number of hydrogen-bond donors (Lipinski definition) is 0. The third-order valence-corrected chi connectivity index (χ3v) is 5.87. The van der Waals surface area contributed by atoms with Gasteiger partial charge in [0.05, 0.1) is 17.8 Å². The number of hydrogen-bond acceptors (Lipinski definition) is 6. The summed E-state index contributed by atoms with van der Waals surface area (Å²) in [5.41, 5.74) is -0.0186. The molecular weight excluding hydrogens is 429 g/mol. The topological polar surface area (TPSA) is 75.8 Å². The van der Waals surface area contributed by atoms with Crippen LogP contribution >= 0.6 is 0 Å². The fraction of sp³-hybridized carbons (Fsp3) is 0.450. The van der Waals surface area contributed by atoms with Crippen molar-refractivity contribution in [2.24, 2.45) is 10.3 Å². The van der Waals surface area contributed by atoms with E-state index < -0.39 is 21.5 Å². The average molecular weight is 453 g/mol. The Morgan fingerprint density at radius 1 is 1.16 bits per heavy atom. The van der Waals surface area contributed by atoms with Crippen LogP contribution in [0.4, 0.5) is 19.0 Å². The first-order chi connectivity index (χ1) is 14.5. The molecule has 1 fully saturated rings. The van der Waals surface area contributed by atoms with Crippen molar-refractivity contribution in [2.75, 3.05) is 30.5 Å². The standard InChI is InChI=1S/C20H23F3N6OS/c1-13-8-15(27-31(2,3)30)12-28(10-13)18-6-7-24-19(26-18)16-9-25-17-5-4-14(11-29(16)17)20(21,22)23/h4-7,9,11,13,15H,8,10,12H2,1-3H3/t13-,15+/m1/s1. The molecule has 7 nitrogen and oxygen atoms in total. The van der Waals surface area contributed by atoms with Gasteiger partial charge in [-0.1, -0.05) is 6.92 Å². The summed E-state index contributed by atoms with van der Waals surface area (Å²) >= 11 is 0. The second-order valence-electron chi connectivity index (χ2n) is 8.21. The molecule has 0 radical (unpaired) electrons. The molecule has 0 spiro atoms. The van der Waals surface area contributed by atoms with Crippen molar-refractivity contribution in [3.63, 3.8) is 0 Å². The quantitative estimate of drug-likeness (QED) is 0.605. The van der Waals surface area contributed by atoms with Crippen LogP contribution in [0.2, 0.25) is 0 Å². The maximum absolute atomic E-state index is 13.2. The van der Waals surface area contributed by atoms with E-state index in [-0.39, 0.29) is 11.9 Å². The highest BCUT2D eigenvalue weighted by molar-refractivity contribution is 7.92. The van der Waals surface area contributed by atoms with Crippen molar-refractivity contribution in [3.8, 4) is 11.5 Å². The molecule has 0 amide bonds. The molecule has 3 aromatic heterocycles. The molecule has 166 valence electrons. The van der Waals surface area contributed by atoms with Gasteiger partial charge in [0.25, 0.3) is 0 Å². The minimum Gasteiger partial charge on any atom is -0.354 e. The van der Waals surface area contributed by atoms with E-state index in [0.717, 1.165) is 25.2 Å². The lowest BCUT2D eigenvalue weighted by molar-refractivity contribution is -0.137. The molecule has 3 aromatic rings. The van der Waals surface area contributed by atoms with Crippen molar-refractivity contribution >= 4 is 21.2 Å². The molecule has 2 atom stereocenters. The smallest absolute Gasteiger partial charge is 0.354 e. The number of fused-ring (bicyclic) bond motifs is 1. The molecule has 4 rings (SSSR count). The molecule has 4 heterocycles. The lowest BCUT2D eigenvalue weighted by Crippen LogP contribution is -2.42. The van der Waals surface area contributed by atoms with Gasteiger partial charge in [-0.3, -0.25) is 8.61 Å². The van der Waals surface area contributed by atoms with Crippen LogP contribution in [0.15, 0.2) is 41.2 Å². The number of alkyl halides is 3. The number of rotatable bonds is 3. The third kappa shape index (κ3) is 4.81.